The van der Waals surface area contributed by atoms with Gasteiger partial charge in [0.2, 0.25) is 0 Å². The minimum absolute atomic E-state index is 0.565. The number of rotatable bonds is 2. The van der Waals surface area contributed by atoms with E-state index in [1.54, 1.807) is 0 Å². The summed E-state index contributed by atoms with van der Waals surface area (Å²) in [6.45, 7) is 4.33. The Kier molecular flexibility index (Phi) is 5.78. The molecule has 1 aliphatic rings. The fourth-order valence-corrected chi connectivity index (χ4v) is 7.16. The molecule has 0 aliphatic carbocycles. The molecule has 2 heterocycles. The maximum atomic E-state index is 9.79. The fraction of sp³-hybridized carbons (Fsp3) is 0.0233. The van der Waals surface area contributed by atoms with E-state index in [1.807, 2.05) is 30.4 Å². The van der Waals surface area contributed by atoms with Crippen molar-refractivity contribution in [2.24, 2.45) is 0 Å². The molecule has 0 spiro atoms. The first-order valence-electron chi connectivity index (χ1n) is 15.5. The molecular weight excluding hydrogens is 558 g/mol. The van der Waals surface area contributed by atoms with Crippen LogP contribution in [0.5, 0.6) is 0 Å². The van der Waals surface area contributed by atoms with Crippen molar-refractivity contribution in [2.75, 3.05) is 0 Å². The zero-order valence-corrected chi connectivity index (χ0v) is 25.0. The van der Waals surface area contributed by atoms with Crippen LogP contribution in [0.2, 0.25) is 0 Å². The Labute approximate surface area is 266 Å². The van der Waals surface area contributed by atoms with E-state index in [2.05, 4.69) is 126 Å². The highest BCUT2D eigenvalue weighted by atomic mass is 15.1. The molecule has 7 aromatic carbocycles. The van der Waals surface area contributed by atoms with E-state index in [4.69, 9.17) is 4.98 Å². The van der Waals surface area contributed by atoms with Gasteiger partial charge >= 0.3 is 0 Å². The molecule has 0 bridgehead atoms. The summed E-state index contributed by atoms with van der Waals surface area (Å²) in [5.41, 5.74) is 10.1. The lowest BCUT2D eigenvalue weighted by Crippen LogP contribution is -2.01. The summed E-state index contributed by atoms with van der Waals surface area (Å²) in [6.07, 6.45) is 6.45. The second kappa shape index (κ2) is 10.2. The van der Waals surface area contributed by atoms with Gasteiger partial charge in [0, 0.05) is 11.3 Å². The highest BCUT2D eigenvalue weighted by Gasteiger charge is 2.19. The lowest BCUT2D eigenvalue weighted by molar-refractivity contribution is 1.13. The Hall–Kier alpha value is -6.24. The second-order valence-corrected chi connectivity index (χ2v) is 12.0. The number of benzene rings is 7. The molecule has 3 heteroatoms. The number of aromatic nitrogens is 2. The normalized spacial score (nSPS) is 15.0. The van der Waals surface area contributed by atoms with Crippen LogP contribution in [-0.4, -0.2) is 9.55 Å². The number of imidazole rings is 1. The van der Waals surface area contributed by atoms with E-state index in [9.17, 15) is 5.26 Å². The van der Waals surface area contributed by atoms with Crippen molar-refractivity contribution < 1.29 is 0 Å². The van der Waals surface area contributed by atoms with Crippen LogP contribution in [0.25, 0.3) is 82.7 Å². The van der Waals surface area contributed by atoms with Gasteiger partial charge in [-0.25, -0.2) is 4.98 Å². The Morgan fingerprint density at radius 3 is 2.20 bits per heavy atom. The second-order valence-electron chi connectivity index (χ2n) is 12.0. The molecule has 0 fully saturated rings. The SMILES string of the molecule is C=C1/C=C(C#N)\C=C/Cc2cc(-c3ccc(-c4ccc5ccc6cccc7ccc4c5c67)cc3)ccc2-c2nc3ccccc3n21. The third-order valence-electron chi connectivity index (χ3n) is 9.34. The summed E-state index contributed by atoms with van der Waals surface area (Å²) in [5.74, 6) is 0.834. The molecule has 1 aliphatic heterocycles. The molecule has 8 aromatic rings. The zero-order chi connectivity index (χ0) is 30.8. The number of fused-ring (bicyclic) bond motifs is 5. The quantitative estimate of drug-likeness (QED) is 0.189. The summed E-state index contributed by atoms with van der Waals surface area (Å²) < 4.78 is 2.07. The van der Waals surface area contributed by atoms with Crippen LogP contribution in [-0.2, 0) is 6.42 Å². The zero-order valence-electron chi connectivity index (χ0n) is 25.0. The number of nitriles is 1. The van der Waals surface area contributed by atoms with Crippen LogP contribution in [0.1, 0.15) is 5.56 Å². The maximum absolute atomic E-state index is 9.79. The summed E-state index contributed by atoms with van der Waals surface area (Å²) in [5, 5.41) is 17.6. The first kappa shape index (κ1) is 26.2. The van der Waals surface area contributed by atoms with Gasteiger partial charge in [-0.15, -0.1) is 0 Å². The molecule has 1 aromatic heterocycles. The monoisotopic (exact) mass is 585 g/mol. The van der Waals surface area contributed by atoms with E-state index < -0.39 is 0 Å². The third kappa shape index (κ3) is 4.01. The van der Waals surface area contributed by atoms with Crippen molar-refractivity contribution in [2.45, 2.75) is 6.42 Å². The van der Waals surface area contributed by atoms with E-state index in [-0.39, 0.29) is 0 Å². The van der Waals surface area contributed by atoms with Crippen LogP contribution in [0.4, 0.5) is 0 Å². The van der Waals surface area contributed by atoms with Crippen molar-refractivity contribution in [3.63, 3.8) is 0 Å². The topological polar surface area (TPSA) is 41.6 Å². The largest absolute Gasteiger partial charge is 0.293 e. The number of hydrogen-bond donors (Lipinski definition) is 0. The Balaban J connectivity index is 1.15. The predicted octanol–water partition coefficient (Wildman–Crippen LogP) is 11.0. The lowest BCUT2D eigenvalue weighted by Gasteiger charge is -2.16. The fourth-order valence-electron chi connectivity index (χ4n) is 7.16. The van der Waals surface area contributed by atoms with Crippen LogP contribution in [0.3, 0.4) is 0 Å². The van der Waals surface area contributed by atoms with Crippen LogP contribution < -0.4 is 0 Å². The van der Waals surface area contributed by atoms with Gasteiger partial charge in [-0.1, -0.05) is 122 Å². The first-order chi connectivity index (χ1) is 22.7. The van der Waals surface area contributed by atoms with Gasteiger partial charge in [-0.3, -0.25) is 4.57 Å². The average molecular weight is 586 g/mol. The molecule has 9 rings (SSSR count). The lowest BCUT2D eigenvalue weighted by atomic mass is 9.89. The van der Waals surface area contributed by atoms with Gasteiger partial charge in [0.1, 0.15) is 5.82 Å². The molecule has 46 heavy (non-hydrogen) atoms. The van der Waals surface area contributed by atoms with Crippen LogP contribution in [0, 0.1) is 11.3 Å². The number of hydrogen-bond acceptors (Lipinski definition) is 2. The molecule has 0 amide bonds. The summed E-state index contributed by atoms with van der Waals surface area (Å²) in [6, 6.07) is 45.9. The van der Waals surface area contributed by atoms with Crippen molar-refractivity contribution >= 4 is 49.0 Å². The Morgan fingerprint density at radius 1 is 0.674 bits per heavy atom. The number of nitrogens with zero attached hydrogens (tertiary/aromatic N) is 3. The van der Waals surface area contributed by atoms with Gasteiger partial charge in [-0.05, 0) is 90.8 Å². The van der Waals surface area contributed by atoms with E-state index in [0.717, 1.165) is 39.1 Å². The van der Waals surface area contributed by atoms with Gasteiger partial charge < -0.3 is 0 Å². The smallest absolute Gasteiger partial charge is 0.145 e. The highest BCUT2D eigenvalue weighted by molar-refractivity contribution is 6.25. The van der Waals surface area contributed by atoms with Gasteiger partial charge in [0.15, 0.2) is 0 Å². The Bertz CT molecular complexity index is 2610. The molecule has 0 saturated heterocycles. The molecule has 0 N–H and O–H groups in total. The van der Waals surface area contributed by atoms with Crippen LogP contribution in [0.15, 0.2) is 152 Å². The summed E-state index contributed by atoms with van der Waals surface area (Å²) >= 11 is 0. The van der Waals surface area contributed by atoms with E-state index in [1.165, 1.54) is 43.4 Å². The molecular formula is C43H27N3. The summed E-state index contributed by atoms with van der Waals surface area (Å²) in [4.78, 5) is 5.04. The van der Waals surface area contributed by atoms with E-state index >= 15 is 0 Å². The van der Waals surface area contributed by atoms with Gasteiger partial charge in [0.25, 0.3) is 0 Å². The molecule has 0 atom stereocenters. The van der Waals surface area contributed by atoms with Crippen molar-refractivity contribution in [3.05, 3.63) is 157 Å². The van der Waals surface area contributed by atoms with Crippen molar-refractivity contribution in [1.29, 1.82) is 5.26 Å². The van der Waals surface area contributed by atoms with Crippen LogP contribution >= 0.6 is 0 Å². The first-order valence-corrected chi connectivity index (χ1v) is 15.5. The molecule has 0 saturated carbocycles. The minimum Gasteiger partial charge on any atom is -0.293 e. The minimum atomic E-state index is 0.565. The van der Waals surface area contributed by atoms with Gasteiger partial charge in [0.05, 0.1) is 22.7 Å². The van der Waals surface area contributed by atoms with E-state index in [0.29, 0.717) is 17.7 Å². The molecule has 0 radical (unpaired) electrons. The standard InChI is InChI=1S/C43H27N3/c1-27-24-28(26-44)6-4-9-35-25-34(20-22-37(35)43-45-39-10-2-3-11-40(39)46(27)43)29-12-14-30(15-13-29)36-21-18-33-17-16-31-7-5-8-32-19-23-38(36)42(33)41(31)32/h2-8,10-25H,1,9H2/b6-4-,28-24+. The molecule has 214 valence electrons. The maximum Gasteiger partial charge on any atom is 0.145 e. The van der Waals surface area contributed by atoms with Crippen molar-refractivity contribution in [1.82, 2.24) is 9.55 Å². The number of para-hydroxylation sites is 2. The average Bonchev–Trinajstić information content (AvgIpc) is 3.50. The van der Waals surface area contributed by atoms with Crippen molar-refractivity contribution in [3.8, 4) is 39.7 Å². The highest BCUT2D eigenvalue weighted by Crippen LogP contribution is 2.40. The summed E-state index contributed by atoms with van der Waals surface area (Å²) in [7, 11) is 0. The molecule has 0 unspecified atom stereocenters. The van der Waals surface area contributed by atoms with Gasteiger partial charge in [-0.2, -0.15) is 5.26 Å². The molecule has 3 nitrogen and oxygen atoms in total. The third-order valence-corrected chi connectivity index (χ3v) is 9.34. The predicted molar refractivity (Wildman–Crippen MR) is 192 cm³/mol. The number of allylic oxidation sites excluding steroid dienone is 5. The Morgan fingerprint density at radius 2 is 1.37 bits per heavy atom.